The monoisotopic (exact) mass is 412 g/mol. The molecule has 162 valence electrons. The van der Waals surface area contributed by atoms with E-state index in [1.807, 2.05) is 6.07 Å². The molecule has 0 bridgehead atoms. The highest BCUT2D eigenvalue weighted by Crippen LogP contribution is 2.39. The molecule has 1 spiro atoms. The highest BCUT2D eigenvalue weighted by molar-refractivity contribution is 6.42. The second kappa shape index (κ2) is 9.29. The van der Waals surface area contributed by atoms with Gasteiger partial charge in [-0.2, -0.15) is 0 Å². The van der Waals surface area contributed by atoms with Gasteiger partial charge in [0, 0.05) is 31.1 Å². The van der Waals surface area contributed by atoms with Crippen molar-refractivity contribution in [3.63, 3.8) is 0 Å². The van der Waals surface area contributed by atoms with Gasteiger partial charge in [0.2, 0.25) is 11.7 Å². The molecule has 0 unspecified atom stereocenters. The van der Waals surface area contributed by atoms with Gasteiger partial charge in [0.25, 0.3) is 5.91 Å². The smallest absolute Gasteiger partial charge is 0.294 e. The molecule has 2 amide bonds. The third-order valence-corrected chi connectivity index (χ3v) is 7.01. The number of ketones is 1. The standard InChI is InChI=1S/C24H32N2O4/c27-21(18-7-3-1-4-8-18)23(29)26-15-13-24(14-16-26)12-11-20(30-24)17-25-22(28)19-9-5-2-6-10-19/h1,3-4,7-8,19-20H,2,5-6,9-17H2,(H,25,28)/t20-/m1/s1. The van der Waals surface area contributed by atoms with Crippen molar-refractivity contribution in [2.75, 3.05) is 19.6 Å². The molecule has 1 saturated carbocycles. The molecule has 0 radical (unpaired) electrons. The number of nitrogens with zero attached hydrogens (tertiary/aromatic N) is 1. The number of hydrogen-bond donors (Lipinski definition) is 1. The quantitative estimate of drug-likeness (QED) is 0.596. The van der Waals surface area contributed by atoms with E-state index in [1.54, 1.807) is 29.2 Å². The largest absolute Gasteiger partial charge is 0.370 e. The number of benzene rings is 1. The van der Waals surface area contributed by atoms with Crippen LogP contribution >= 0.6 is 0 Å². The summed E-state index contributed by atoms with van der Waals surface area (Å²) in [6.07, 6.45) is 8.99. The summed E-state index contributed by atoms with van der Waals surface area (Å²) >= 11 is 0. The lowest BCUT2D eigenvalue weighted by Crippen LogP contribution is -2.49. The van der Waals surface area contributed by atoms with E-state index in [2.05, 4.69) is 5.32 Å². The molecule has 1 N–H and O–H groups in total. The number of likely N-dealkylation sites (tertiary alicyclic amines) is 1. The average molecular weight is 413 g/mol. The Morgan fingerprint density at radius 3 is 2.37 bits per heavy atom. The number of ether oxygens (including phenoxy) is 1. The molecule has 1 aliphatic carbocycles. The Labute approximate surface area is 178 Å². The van der Waals surface area contributed by atoms with E-state index in [0.29, 0.717) is 25.2 Å². The third kappa shape index (κ3) is 4.75. The molecule has 30 heavy (non-hydrogen) atoms. The van der Waals surface area contributed by atoms with Crippen LogP contribution in [0.2, 0.25) is 0 Å². The molecule has 6 heteroatoms. The fraction of sp³-hybridized carbons (Fsp3) is 0.625. The molecule has 1 atom stereocenters. The van der Waals surface area contributed by atoms with Gasteiger partial charge in [0.15, 0.2) is 0 Å². The van der Waals surface area contributed by atoms with Gasteiger partial charge in [-0.1, -0.05) is 49.6 Å². The second-order valence-corrected chi connectivity index (χ2v) is 9.03. The number of nitrogens with one attached hydrogen (secondary N) is 1. The van der Waals surface area contributed by atoms with Crippen molar-refractivity contribution in [1.29, 1.82) is 0 Å². The Balaban J connectivity index is 1.23. The summed E-state index contributed by atoms with van der Waals surface area (Å²) in [5.74, 6) is -0.517. The lowest BCUT2D eigenvalue weighted by molar-refractivity contribution is -0.134. The van der Waals surface area contributed by atoms with Crippen molar-refractivity contribution in [2.45, 2.75) is 69.5 Å². The molecule has 1 aromatic rings. The summed E-state index contributed by atoms with van der Waals surface area (Å²) in [5, 5.41) is 3.10. The lowest BCUT2D eigenvalue weighted by atomic mass is 9.88. The van der Waals surface area contributed by atoms with Crippen LogP contribution in [0.25, 0.3) is 0 Å². The van der Waals surface area contributed by atoms with Crippen molar-refractivity contribution in [2.24, 2.45) is 5.92 Å². The van der Waals surface area contributed by atoms with Crippen LogP contribution in [-0.2, 0) is 14.3 Å². The van der Waals surface area contributed by atoms with Gasteiger partial charge < -0.3 is 15.0 Å². The van der Waals surface area contributed by atoms with Gasteiger partial charge in [-0.15, -0.1) is 0 Å². The zero-order valence-corrected chi connectivity index (χ0v) is 17.6. The first-order chi connectivity index (χ1) is 14.6. The number of hydrogen-bond acceptors (Lipinski definition) is 4. The first kappa shape index (κ1) is 21.0. The summed E-state index contributed by atoms with van der Waals surface area (Å²) in [4.78, 5) is 39.0. The first-order valence-electron chi connectivity index (χ1n) is 11.4. The lowest BCUT2D eigenvalue weighted by Gasteiger charge is -2.39. The second-order valence-electron chi connectivity index (χ2n) is 9.03. The van der Waals surface area contributed by atoms with Crippen LogP contribution in [0.15, 0.2) is 30.3 Å². The van der Waals surface area contributed by atoms with Gasteiger partial charge in [-0.05, 0) is 38.5 Å². The number of Topliss-reactive ketones (excluding diaryl/α,β-unsaturated/α-hetero) is 1. The van der Waals surface area contributed by atoms with Crippen molar-refractivity contribution < 1.29 is 19.1 Å². The van der Waals surface area contributed by atoms with Crippen LogP contribution in [0.5, 0.6) is 0 Å². The Kier molecular flexibility index (Phi) is 6.52. The summed E-state index contributed by atoms with van der Waals surface area (Å²) < 4.78 is 6.36. The summed E-state index contributed by atoms with van der Waals surface area (Å²) in [5.41, 5.74) is 0.223. The number of piperidine rings is 1. The minimum atomic E-state index is -0.442. The van der Waals surface area contributed by atoms with Crippen molar-refractivity contribution in [1.82, 2.24) is 10.2 Å². The van der Waals surface area contributed by atoms with Gasteiger partial charge in [0.1, 0.15) is 0 Å². The van der Waals surface area contributed by atoms with Gasteiger partial charge in [0.05, 0.1) is 11.7 Å². The topological polar surface area (TPSA) is 75.7 Å². The highest BCUT2D eigenvalue weighted by Gasteiger charge is 2.43. The van der Waals surface area contributed by atoms with E-state index in [4.69, 9.17) is 4.74 Å². The summed E-state index contributed by atoms with van der Waals surface area (Å²) in [7, 11) is 0. The molecule has 1 aromatic carbocycles. The number of rotatable bonds is 5. The fourth-order valence-corrected chi connectivity index (χ4v) is 5.10. The van der Waals surface area contributed by atoms with Gasteiger partial charge >= 0.3 is 0 Å². The van der Waals surface area contributed by atoms with Crippen molar-refractivity contribution in [3.05, 3.63) is 35.9 Å². The van der Waals surface area contributed by atoms with Crippen LogP contribution in [-0.4, -0.2) is 53.8 Å². The number of carbonyl (C=O) groups is 3. The maximum Gasteiger partial charge on any atom is 0.294 e. The molecule has 2 saturated heterocycles. The molecule has 2 heterocycles. The predicted molar refractivity (Wildman–Crippen MR) is 113 cm³/mol. The molecule has 0 aromatic heterocycles. The maximum atomic E-state index is 12.6. The Morgan fingerprint density at radius 2 is 1.67 bits per heavy atom. The van der Waals surface area contributed by atoms with E-state index >= 15 is 0 Å². The summed E-state index contributed by atoms with van der Waals surface area (Å²) in [6.45, 7) is 1.66. The molecule has 4 rings (SSSR count). The zero-order valence-electron chi connectivity index (χ0n) is 17.6. The van der Waals surface area contributed by atoms with Crippen molar-refractivity contribution in [3.8, 4) is 0 Å². The van der Waals surface area contributed by atoms with Crippen LogP contribution in [0.4, 0.5) is 0 Å². The molecular formula is C24H32N2O4. The summed E-state index contributed by atoms with van der Waals surface area (Å²) in [6, 6.07) is 8.73. The molecule has 6 nitrogen and oxygen atoms in total. The SMILES string of the molecule is O=C(C(=O)N1CCC2(CC[C@H](CNC(=O)C3CCCCC3)O2)CC1)c1ccccc1. The minimum absolute atomic E-state index is 0.0470. The normalized spacial score (nSPS) is 24.0. The van der Waals surface area contributed by atoms with Crippen LogP contribution in [0.3, 0.4) is 0 Å². The van der Waals surface area contributed by atoms with E-state index in [9.17, 15) is 14.4 Å². The predicted octanol–water partition coefficient (Wildman–Crippen LogP) is 3.11. The van der Waals surface area contributed by atoms with E-state index in [-0.39, 0.29) is 23.5 Å². The van der Waals surface area contributed by atoms with E-state index < -0.39 is 11.7 Å². The van der Waals surface area contributed by atoms with Crippen LogP contribution < -0.4 is 5.32 Å². The maximum absolute atomic E-state index is 12.6. The van der Waals surface area contributed by atoms with Crippen molar-refractivity contribution >= 4 is 17.6 Å². The fourth-order valence-electron chi connectivity index (χ4n) is 5.10. The van der Waals surface area contributed by atoms with E-state index in [0.717, 1.165) is 51.4 Å². The molecular weight excluding hydrogens is 380 g/mol. The Hall–Kier alpha value is -2.21. The zero-order chi connectivity index (χ0) is 21.0. The van der Waals surface area contributed by atoms with Crippen LogP contribution in [0, 0.1) is 5.92 Å². The number of amides is 2. The highest BCUT2D eigenvalue weighted by atomic mass is 16.5. The molecule has 3 aliphatic rings. The van der Waals surface area contributed by atoms with Gasteiger partial charge in [-0.25, -0.2) is 0 Å². The first-order valence-corrected chi connectivity index (χ1v) is 11.4. The average Bonchev–Trinajstić information content (AvgIpc) is 3.20. The Morgan fingerprint density at radius 1 is 0.967 bits per heavy atom. The van der Waals surface area contributed by atoms with E-state index in [1.165, 1.54) is 6.42 Å². The third-order valence-electron chi connectivity index (χ3n) is 7.01. The number of carbonyl (C=O) groups excluding carboxylic acids is 3. The molecule has 3 fully saturated rings. The van der Waals surface area contributed by atoms with Gasteiger partial charge in [-0.3, -0.25) is 14.4 Å². The minimum Gasteiger partial charge on any atom is -0.370 e. The van der Waals surface area contributed by atoms with Crippen LogP contribution in [0.1, 0.15) is 68.1 Å². The Bertz CT molecular complexity index is 765. The molecule has 2 aliphatic heterocycles.